The van der Waals surface area contributed by atoms with Crippen LogP contribution in [0.2, 0.25) is 5.02 Å². The number of nitrogens with one attached hydrogen (secondary N) is 2. The number of rotatable bonds is 17. The second-order valence-electron chi connectivity index (χ2n) is 16.9. The number of sulfone groups is 1. The van der Waals surface area contributed by atoms with E-state index < -0.39 is 58.3 Å². The predicted octanol–water partition coefficient (Wildman–Crippen LogP) is 9.69. The molecular weight excluding hydrogens is 917 g/mol. The summed E-state index contributed by atoms with van der Waals surface area (Å²) in [6.45, 7) is 4.58. The molecule has 0 radical (unpaired) electrons. The molecule has 2 aliphatic rings. The second-order valence-corrected chi connectivity index (χ2v) is 22.0. The Labute approximate surface area is 388 Å². The quantitative estimate of drug-likeness (QED) is 0.0774. The number of piperidine rings is 1. The number of nitrogens with zero attached hydrogens (tertiary/aromatic N) is 2. The summed E-state index contributed by atoms with van der Waals surface area (Å²) >= 11 is 7.56. The van der Waals surface area contributed by atoms with E-state index >= 15 is 0 Å². The Balaban J connectivity index is 1.04. The van der Waals surface area contributed by atoms with Crippen LogP contribution in [0.3, 0.4) is 0 Å². The Kier molecular flexibility index (Phi) is 15.3. The van der Waals surface area contributed by atoms with Gasteiger partial charge in [0.25, 0.3) is 25.8 Å². The summed E-state index contributed by atoms with van der Waals surface area (Å²) in [5, 5.41) is 13.4. The first kappa shape index (κ1) is 48.4. The van der Waals surface area contributed by atoms with E-state index in [9.17, 15) is 39.9 Å². The standard InChI is InChI=1S/C48H52ClF3N4O6S3/c1-47(24-7-25-56(47)28-29-57)32-39(33-63-41-9-3-2-4-10-41)53-44-21-20-42(31-45(44)64(59,60)48(50,51)52)65(61,62)54-46(58)36-14-18-40(19-15-36)55-26-22-34(23-27-55)30-37-8-5-6-11-43(37)35-12-16-38(49)17-13-35/h2-6,8-21,31,34,39,53,57H,7,22-30,32-33H2,1H3,(H,54,58)/t39-,47+/m1/s1. The highest BCUT2D eigenvalue weighted by molar-refractivity contribution is 7.99. The van der Waals surface area contributed by atoms with Gasteiger partial charge in [-0.15, -0.1) is 11.8 Å². The van der Waals surface area contributed by atoms with Gasteiger partial charge in [-0.05, 0) is 141 Å². The Morgan fingerprint density at radius 3 is 2.25 bits per heavy atom. The number of sulfonamides is 1. The molecule has 346 valence electrons. The number of hydrogen-bond donors (Lipinski definition) is 3. The van der Waals surface area contributed by atoms with Gasteiger partial charge in [-0.1, -0.05) is 66.2 Å². The van der Waals surface area contributed by atoms with Gasteiger partial charge in [0.2, 0.25) is 0 Å². The first-order chi connectivity index (χ1) is 31.0. The van der Waals surface area contributed by atoms with Crippen LogP contribution >= 0.6 is 23.4 Å². The molecule has 17 heteroatoms. The third kappa shape index (κ3) is 11.7. The number of likely N-dealkylation sites (tertiary alicyclic amines) is 1. The number of carbonyl (C=O) groups excluding carboxylic acids is 1. The Hall–Kier alpha value is -4.58. The van der Waals surface area contributed by atoms with Gasteiger partial charge in [-0.3, -0.25) is 9.69 Å². The molecule has 3 N–H and O–H groups in total. The molecule has 65 heavy (non-hydrogen) atoms. The number of anilines is 2. The molecule has 2 atom stereocenters. The number of carbonyl (C=O) groups is 1. The number of β-amino-alcohol motifs (C(OH)–C–C–N with tert-alkyl or cyclic N) is 1. The van der Waals surface area contributed by atoms with Crippen LogP contribution in [-0.4, -0.2) is 88.4 Å². The Bertz CT molecular complexity index is 2650. The Morgan fingerprint density at radius 2 is 1.57 bits per heavy atom. The van der Waals surface area contributed by atoms with Crippen molar-refractivity contribution in [1.82, 2.24) is 9.62 Å². The van der Waals surface area contributed by atoms with Crippen LogP contribution in [0.4, 0.5) is 24.5 Å². The number of aliphatic hydroxyl groups excluding tert-OH is 1. The zero-order valence-corrected chi connectivity index (χ0v) is 39.0. The maximum absolute atomic E-state index is 14.3. The highest BCUT2D eigenvalue weighted by atomic mass is 35.5. The molecule has 2 saturated heterocycles. The van der Waals surface area contributed by atoms with Crippen molar-refractivity contribution in [2.24, 2.45) is 5.92 Å². The molecular formula is C48H52ClF3N4O6S3. The van der Waals surface area contributed by atoms with Crippen LogP contribution < -0.4 is 14.9 Å². The van der Waals surface area contributed by atoms with Crippen LogP contribution in [0.15, 0.2) is 136 Å². The Morgan fingerprint density at radius 1 is 0.892 bits per heavy atom. The summed E-state index contributed by atoms with van der Waals surface area (Å²) in [5.41, 5.74) is -2.27. The number of alkyl halides is 3. The van der Waals surface area contributed by atoms with Crippen molar-refractivity contribution in [1.29, 1.82) is 0 Å². The van der Waals surface area contributed by atoms with E-state index in [2.05, 4.69) is 27.2 Å². The molecule has 1 amide bonds. The van der Waals surface area contributed by atoms with Crippen LogP contribution in [0.5, 0.6) is 0 Å². The number of amides is 1. The summed E-state index contributed by atoms with van der Waals surface area (Å²) < 4.78 is 98.3. The van der Waals surface area contributed by atoms with Gasteiger partial charge in [0, 0.05) is 58.1 Å². The largest absolute Gasteiger partial charge is 0.501 e. The summed E-state index contributed by atoms with van der Waals surface area (Å²) in [6, 6.07) is 33.7. The third-order valence-corrected chi connectivity index (χ3v) is 16.7. The molecule has 0 bridgehead atoms. The molecule has 0 aromatic heterocycles. The van der Waals surface area contributed by atoms with Crippen molar-refractivity contribution < 1.29 is 39.9 Å². The van der Waals surface area contributed by atoms with Crippen LogP contribution in [0.1, 0.15) is 54.9 Å². The van der Waals surface area contributed by atoms with Gasteiger partial charge in [-0.25, -0.2) is 21.6 Å². The van der Waals surface area contributed by atoms with Crippen molar-refractivity contribution in [2.75, 3.05) is 48.8 Å². The first-order valence-corrected chi connectivity index (χ1v) is 25.8. The number of thioether (sulfide) groups is 1. The minimum absolute atomic E-state index is 0.0122. The zero-order valence-electron chi connectivity index (χ0n) is 35.8. The topological polar surface area (TPSA) is 136 Å². The van der Waals surface area contributed by atoms with Crippen molar-refractivity contribution in [3.05, 3.63) is 137 Å². The number of benzene rings is 5. The fourth-order valence-corrected chi connectivity index (χ4v) is 12.0. The molecule has 2 heterocycles. The minimum Gasteiger partial charge on any atom is -0.395 e. The van der Waals surface area contributed by atoms with Gasteiger partial charge in [-0.2, -0.15) is 13.2 Å². The monoisotopic (exact) mass is 968 g/mol. The van der Waals surface area contributed by atoms with Crippen LogP contribution in [-0.2, 0) is 26.3 Å². The van der Waals surface area contributed by atoms with Crippen LogP contribution in [0, 0.1) is 5.92 Å². The molecule has 0 aliphatic carbocycles. The van der Waals surface area contributed by atoms with E-state index in [0.717, 1.165) is 73.5 Å². The zero-order chi connectivity index (χ0) is 46.4. The third-order valence-electron chi connectivity index (χ3n) is 12.4. The molecule has 2 fully saturated rings. The molecule has 0 saturated carbocycles. The van der Waals surface area contributed by atoms with E-state index in [1.165, 1.54) is 35.0 Å². The molecule has 2 aliphatic heterocycles. The summed E-state index contributed by atoms with van der Waals surface area (Å²) in [4.78, 5) is 16.4. The maximum atomic E-state index is 14.3. The molecule has 7 rings (SSSR count). The van der Waals surface area contributed by atoms with E-state index in [-0.39, 0.29) is 12.2 Å². The smallest absolute Gasteiger partial charge is 0.395 e. The lowest BCUT2D eigenvalue weighted by Gasteiger charge is -2.38. The van der Waals surface area contributed by atoms with E-state index in [1.807, 2.05) is 78.4 Å². The minimum atomic E-state index is -6.09. The summed E-state index contributed by atoms with van der Waals surface area (Å²) in [6.07, 6.45) is 4.76. The fraction of sp³-hybridized carbons (Fsp3) is 0.354. The van der Waals surface area contributed by atoms with Gasteiger partial charge in [0.05, 0.1) is 17.2 Å². The summed E-state index contributed by atoms with van der Waals surface area (Å²) in [7, 11) is -11.0. The van der Waals surface area contributed by atoms with E-state index in [0.29, 0.717) is 42.3 Å². The van der Waals surface area contributed by atoms with Crippen molar-refractivity contribution in [3.63, 3.8) is 0 Å². The second kappa shape index (κ2) is 20.5. The molecule has 5 aromatic rings. The normalized spacial score (nSPS) is 18.1. The molecule has 10 nitrogen and oxygen atoms in total. The van der Waals surface area contributed by atoms with Gasteiger partial charge >= 0.3 is 5.51 Å². The van der Waals surface area contributed by atoms with Gasteiger partial charge in [0.1, 0.15) is 4.90 Å². The first-order valence-electron chi connectivity index (χ1n) is 21.5. The SMILES string of the molecule is C[C@@]1(C[C@H](CSc2ccccc2)Nc2ccc(S(=O)(=O)NC(=O)c3ccc(N4CCC(Cc5ccccc5-c5ccc(Cl)cc5)CC4)cc3)cc2S(=O)(=O)C(F)(F)F)CCCN1CCO. The average molecular weight is 970 g/mol. The van der Waals surface area contributed by atoms with Gasteiger partial charge in [0.15, 0.2) is 0 Å². The lowest BCUT2D eigenvalue weighted by atomic mass is 9.87. The number of hydrogen-bond acceptors (Lipinski definition) is 10. The molecule has 5 aromatic carbocycles. The number of aliphatic hydroxyl groups is 1. The van der Waals surface area contributed by atoms with E-state index in [4.69, 9.17) is 11.6 Å². The number of halogens is 4. The lowest BCUT2D eigenvalue weighted by Crippen LogP contribution is -2.46. The maximum Gasteiger partial charge on any atom is 0.501 e. The predicted molar refractivity (Wildman–Crippen MR) is 252 cm³/mol. The highest BCUT2D eigenvalue weighted by Crippen LogP contribution is 2.39. The van der Waals surface area contributed by atoms with Crippen molar-refractivity contribution >= 4 is 60.5 Å². The molecule has 0 unspecified atom stereocenters. The van der Waals surface area contributed by atoms with Crippen molar-refractivity contribution in [2.45, 2.75) is 77.2 Å². The highest BCUT2D eigenvalue weighted by Gasteiger charge is 2.49. The molecule has 0 spiro atoms. The van der Waals surface area contributed by atoms with Gasteiger partial charge < -0.3 is 15.3 Å². The van der Waals surface area contributed by atoms with E-state index in [1.54, 1.807) is 12.1 Å². The van der Waals surface area contributed by atoms with Crippen molar-refractivity contribution in [3.8, 4) is 11.1 Å². The average Bonchev–Trinajstić information content (AvgIpc) is 3.65. The lowest BCUT2D eigenvalue weighted by molar-refractivity contribution is -0.0435. The fourth-order valence-electron chi connectivity index (χ4n) is 8.94. The van der Waals surface area contributed by atoms with Crippen LogP contribution in [0.25, 0.3) is 11.1 Å². The summed E-state index contributed by atoms with van der Waals surface area (Å²) in [5.74, 6) is -0.256.